The first kappa shape index (κ1) is 27.7. The highest BCUT2D eigenvalue weighted by atomic mass is 32.1. The van der Waals surface area contributed by atoms with Gasteiger partial charge >= 0.3 is 0 Å². The third kappa shape index (κ3) is 8.03. The number of phenols is 1. The molecule has 4 amide bonds. The highest BCUT2D eigenvalue weighted by Gasteiger charge is 2.41. The lowest BCUT2D eigenvalue weighted by molar-refractivity contribution is -0.149. The van der Waals surface area contributed by atoms with Crippen LogP contribution in [0.15, 0.2) is 29.3 Å². The molecule has 14 heteroatoms. The lowest BCUT2D eigenvalue weighted by Gasteiger charge is -2.40. The van der Waals surface area contributed by atoms with E-state index in [0.717, 1.165) is 0 Å². The van der Waals surface area contributed by atoms with Crippen LogP contribution in [0.4, 0.5) is 0 Å². The first-order chi connectivity index (χ1) is 16.5. The molecule has 0 bridgehead atoms. The van der Waals surface area contributed by atoms with E-state index in [2.05, 4.69) is 28.3 Å². The maximum Gasteiger partial charge on any atom is 0.246 e. The van der Waals surface area contributed by atoms with Crippen LogP contribution in [-0.4, -0.2) is 82.6 Å². The summed E-state index contributed by atoms with van der Waals surface area (Å²) in [6.07, 6.45) is 0.626. The van der Waals surface area contributed by atoms with Crippen molar-refractivity contribution >= 4 is 42.2 Å². The topological polar surface area (TPSA) is 232 Å². The van der Waals surface area contributed by atoms with Gasteiger partial charge in [0.2, 0.25) is 23.6 Å². The summed E-state index contributed by atoms with van der Waals surface area (Å²) >= 11 is 4.02. The molecule has 1 aliphatic heterocycles. The Labute approximate surface area is 208 Å². The number of nitrogens with two attached hydrogens (primary N) is 4. The molecule has 0 radical (unpaired) electrons. The van der Waals surface area contributed by atoms with Crippen molar-refractivity contribution in [3.63, 3.8) is 0 Å². The van der Waals surface area contributed by atoms with Crippen LogP contribution >= 0.6 is 12.6 Å². The Bertz CT molecular complexity index is 954. The van der Waals surface area contributed by atoms with Crippen molar-refractivity contribution in [2.24, 2.45) is 27.9 Å². The van der Waals surface area contributed by atoms with Crippen LogP contribution < -0.4 is 33.6 Å². The smallest absolute Gasteiger partial charge is 0.246 e. The van der Waals surface area contributed by atoms with Gasteiger partial charge in [0, 0.05) is 18.7 Å². The number of thiol groups is 1. The molecule has 0 spiro atoms. The van der Waals surface area contributed by atoms with Crippen LogP contribution in [0.1, 0.15) is 18.4 Å². The van der Waals surface area contributed by atoms with Gasteiger partial charge in [-0.25, -0.2) is 0 Å². The number of aromatic hydroxyl groups is 1. The van der Waals surface area contributed by atoms with Gasteiger partial charge in [-0.3, -0.25) is 24.2 Å². The minimum absolute atomic E-state index is 0.0376. The van der Waals surface area contributed by atoms with Crippen LogP contribution in [0.25, 0.3) is 0 Å². The van der Waals surface area contributed by atoms with E-state index in [4.69, 9.17) is 22.9 Å². The normalized spacial score (nSPS) is 19.3. The summed E-state index contributed by atoms with van der Waals surface area (Å²) in [5.74, 6) is -2.56. The quantitative estimate of drug-likeness (QED) is 0.0658. The van der Waals surface area contributed by atoms with E-state index in [0.29, 0.717) is 12.0 Å². The maximum atomic E-state index is 13.7. The van der Waals surface area contributed by atoms with E-state index >= 15 is 0 Å². The Morgan fingerprint density at radius 2 is 1.89 bits per heavy atom. The fraction of sp³-hybridized carbons (Fsp3) is 0.476. The second-order valence-corrected chi connectivity index (χ2v) is 8.50. The first-order valence-electron chi connectivity index (χ1n) is 10.9. The molecule has 2 rings (SSSR count). The van der Waals surface area contributed by atoms with Gasteiger partial charge in [0.15, 0.2) is 5.96 Å². The summed E-state index contributed by atoms with van der Waals surface area (Å²) in [6.45, 7) is 0.0608. The zero-order valence-corrected chi connectivity index (χ0v) is 20.0. The summed E-state index contributed by atoms with van der Waals surface area (Å²) < 4.78 is 0. The third-order valence-corrected chi connectivity index (χ3v) is 5.85. The number of amides is 4. The van der Waals surface area contributed by atoms with Crippen LogP contribution in [0, 0.1) is 0 Å². The van der Waals surface area contributed by atoms with Crippen LogP contribution in [0.3, 0.4) is 0 Å². The number of phenolic OH excluding ortho intramolecular Hbond substituents is 1. The number of nitrogens with one attached hydrogen (secondary N) is 2. The highest BCUT2D eigenvalue weighted by Crippen LogP contribution is 2.18. The zero-order valence-electron chi connectivity index (χ0n) is 19.1. The van der Waals surface area contributed by atoms with E-state index in [-0.39, 0.29) is 43.4 Å². The van der Waals surface area contributed by atoms with Crippen LogP contribution in [0.2, 0.25) is 0 Å². The van der Waals surface area contributed by atoms with Gasteiger partial charge < -0.3 is 43.6 Å². The Morgan fingerprint density at radius 3 is 2.46 bits per heavy atom. The van der Waals surface area contributed by atoms with Gasteiger partial charge in [-0.1, -0.05) is 12.1 Å². The minimum Gasteiger partial charge on any atom is -0.508 e. The lowest BCUT2D eigenvalue weighted by Crippen LogP contribution is -2.67. The average molecular weight is 509 g/mol. The molecule has 1 aromatic rings. The zero-order chi connectivity index (χ0) is 26.1. The molecule has 1 aromatic carbocycles. The van der Waals surface area contributed by atoms with E-state index in [1.807, 2.05) is 0 Å². The molecule has 11 N–H and O–H groups in total. The number of hydrogen-bond donors (Lipinski definition) is 8. The number of benzene rings is 1. The van der Waals surface area contributed by atoms with Crippen molar-refractivity contribution in [3.8, 4) is 5.75 Å². The van der Waals surface area contributed by atoms with E-state index in [1.165, 1.54) is 17.0 Å². The predicted octanol–water partition coefficient (Wildman–Crippen LogP) is -3.09. The Kier molecular flexibility index (Phi) is 10.1. The number of piperazine rings is 1. The monoisotopic (exact) mass is 508 g/mol. The van der Waals surface area contributed by atoms with Crippen molar-refractivity contribution in [1.29, 1.82) is 0 Å². The largest absolute Gasteiger partial charge is 0.508 e. The molecule has 4 atom stereocenters. The molecule has 0 aliphatic carbocycles. The fourth-order valence-electron chi connectivity index (χ4n) is 3.59. The van der Waals surface area contributed by atoms with Crippen molar-refractivity contribution in [1.82, 2.24) is 15.5 Å². The van der Waals surface area contributed by atoms with Crippen LogP contribution in [-0.2, 0) is 25.6 Å². The molecule has 13 nitrogen and oxygen atoms in total. The second-order valence-electron chi connectivity index (χ2n) is 8.14. The average Bonchev–Trinajstić information content (AvgIpc) is 2.81. The fourth-order valence-corrected chi connectivity index (χ4v) is 3.76. The van der Waals surface area contributed by atoms with Crippen molar-refractivity contribution in [3.05, 3.63) is 29.8 Å². The predicted molar refractivity (Wildman–Crippen MR) is 132 cm³/mol. The number of nitrogens with zero attached hydrogens (tertiary/aromatic N) is 2. The number of aliphatic imine (C=N–C) groups is 1. The second kappa shape index (κ2) is 12.8. The summed E-state index contributed by atoms with van der Waals surface area (Å²) in [4.78, 5) is 55.9. The van der Waals surface area contributed by atoms with Gasteiger partial charge in [0.1, 0.15) is 23.9 Å². The number of hydrogen-bond acceptors (Lipinski definition) is 8. The minimum atomic E-state index is -1.11. The van der Waals surface area contributed by atoms with Gasteiger partial charge in [-0.05, 0) is 30.5 Å². The van der Waals surface area contributed by atoms with E-state index < -0.39 is 47.8 Å². The summed E-state index contributed by atoms with van der Waals surface area (Å²) in [5.41, 5.74) is 22.5. The summed E-state index contributed by atoms with van der Waals surface area (Å²) in [5, 5.41) is 14.7. The lowest BCUT2D eigenvalue weighted by atomic mass is 9.98. The molecular formula is C21H32N8O5S. The maximum absolute atomic E-state index is 13.7. The number of rotatable bonds is 11. The summed E-state index contributed by atoms with van der Waals surface area (Å²) in [6, 6.07) is 1.98. The SMILES string of the molecule is NC(=O)[C@H]1CN(C(=O)[C@H](Cc2ccc(O)cc2)NC(=O)[C@@H](N)CS)[C@@H](CCCN=C(N)N)C(=O)N1. The van der Waals surface area contributed by atoms with Crippen LogP contribution in [0.5, 0.6) is 5.75 Å². The van der Waals surface area contributed by atoms with Gasteiger partial charge in [-0.15, -0.1) is 0 Å². The van der Waals surface area contributed by atoms with Gasteiger partial charge in [-0.2, -0.15) is 12.6 Å². The molecule has 192 valence electrons. The molecule has 1 heterocycles. The molecule has 1 fully saturated rings. The first-order valence-corrected chi connectivity index (χ1v) is 11.6. The number of guanidine groups is 1. The Balaban J connectivity index is 2.33. The summed E-state index contributed by atoms with van der Waals surface area (Å²) in [7, 11) is 0. The molecule has 0 saturated carbocycles. The molecular weight excluding hydrogens is 476 g/mol. The molecule has 0 unspecified atom stereocenters. The van der Waals surface area contributed by atoms with E-state index in [9.17, 15) is 24.3 Å². The Hall–Kier alpha value is -3.52. The number of primary amides is 1. The molecule has 1 aliphatic rings. The standard InChI is InChI=1S/C21H32N8O5S/c22-13(10-35)18(32)27-14(8-11-3-5-12(30)6-4-11)20(34)29-9-15(17(23)31)28-19(33)16(29)2-1-7-26-21(24)25/h3-6,13-16,30,35H,1-2,7-10,22H2,(H2,23,31)(H,27,32)(H,28,33)(H4,24,25,26)/t13-,14-,15+,16-/m0/s1. The number of carbonyl (C=O) groups excluding carboxylic acids is 4. The molecule has 35 heavy (non-hydrogen) atoms. The molecule has 1 saturated heterocycles. The molecule has 0 aromatic heterocycles. The van der Waals surface area contributed by atoms with Gasteiger partial charge in [0.05, 0.1) is 12.6 Å². The highest BCUT2D eigenvalue weighted by molar-refractivity contribution is 7.80. The third-order valence-electron chi connectivity index (χ3n) is 5.46. The van der Waals surface area contributed by atoms with Crippen molar-refractivity contribution in [2.75, 3.05) is 18.8 Å². The van der Waals surface area contributed by atoms with Gasteiger partial charge in [0.25, 0.3) is 0 Å². The van der Waals surface area contributed by atoms with Crippen molar-refractivity contribution < 1.29 is 24.3 Å². The van der Waals surface area contributed by atoms with E-state index in [1.54, 1.807) is 12.1 Å². The number of carbonyl (C=O) groups is 4. The Morgan fingerprint density at radius 1 is 1.23 bits per heavy atom. The van der Waals surface area contributed by atoms with Crippen molar-refractivity contribution in [2.45, 2.75) is 43.4 Å².